The lowest BCUT2D eigenvalue weighted by molar-refractivity contribution is -0.142. The minimum absolute atomic E-state index is 0.254. The van der Waals surface area contributed by atoms with Gasteiger partial charge in [0.05, 0.1) is 17.4 Å². The number of rotatable bonds is 4. The smallest absolute Gasteiger partial charge is 0.321 e. The Balaban J connectivity index is 2.78. The minimum atomic E-state index is -1.51. The maximum absolute atomic E-state index is 12.6. The van der Waals surface area contributed by atoms with Crippen molar-refractivity contribution in [2.75, 3.05) is 6.61 Å². The van der Waals surface area contributed by atoms with Crippen LogP contribution in [0, 0.1) is 5.82 Å². The summed E-state index contributed by atoms with van der Waals surface area (Å²) in [6.45, 7) is 3.46. The minimum Gasteiger partial charge on any atom is -0.465 e. The molecule has 0 spiro atoms. The number of hydrogen-bond acceptors (Lipinski definition) is 3. The van der Waals surface area contributed by atoms with E-state index >= 15 is 0 Å². The molecule has 1 aromatic carbocycles. The van der Waals surface area contributed by atoms with Crippen molar-refractivity contribution >= 4 is 16.8 Å². The molecule has 0 saturated heterocycles. The number of halogens is 1. The highest BCUT2D eigenvalue weighted by atomic mass is 32.2. The summed E-state index contributed by atoms with van der Waals surface area (Å²) in [6, 6.07) is 5.23. The second-order valence-corrected chi connectivity index (χ2v) is 4.92. The van der Waals surface area contributed by atoms with Crippen molar-refractivity contribution in [2.24, 2.45) is 0 Å². The van der Waals surface area contributed by atoms with Crippen molar-refractivity contribution in [3.63, 3.8) is 0 Å². The van der Waals surface area contributed by atoms with Crippen LogP contribution in [0.5, 0.6) is 0 Å². The van der Waals surface area contributed by atoms with Gasteiger partial charge < -0.3 is 4.74 Å². The molecule has 0 aliphatic heterocycles. The largest absolute Gasteiger partial charge is 0.465 e. The number of carbonyl (C=O) groups excluding carboxylic acids is 1. The Morgan fingerprint density at radius 3 is 2.50 bits per heavy atom. The van der Waals surface area contributed by atoms with Crippen molar-refractivity contribution in [1.82, 2.24) is 0 Å². The lowest BCUT2D eigenvalue weighted by Gasteiger charge is -2.10. The Hall–Kier alpha value is -1.23. The van der Waals surface area contributed by atoms with Crippen molar-refractivity contribution < 1.29 is 18.1 Å². The maximum Gasteiger partial charge on any atom is 0.321 e. The average Bonchev–Trinajstić information content (AvgIpc) is 2.28. The number of ether oxygens (including phenoxy) is 1. The van der Waals surface area contributed by atoms with Gasteiger partial charge in [0.2, 0.25) is 0 Å². The predicted octanol–water partition coefficient (Wildman–Crippen LogP) is 1.88. The van der Waals surface area contributed by atoms with Gasteiger partial charge in [-0.15, -0.1) is 0 Å². The van der Waals surface area contributed by atoms with Gasteiger partial charge in [0.25, 0.3) is 0 Å². The normalized spacial score (nSPS) is 14.2. The molecule has 5 heteroatoms. The van der Waals surface area contributed by atoms with Crippen molar-refractivity contribution in [3.8, 4) is 0 Å². The van der Waals surface area contributed by atoms with Gasteiger partial charge in [0.15, 0.2) is 0 Å². The van der Waals surface area contributed by atoms with Crippen LogP contribution < -0.4 is 0 Å². The second-order valence-electron chi connectivity index (χ2n) is 3.15. The molecule has 2 atom stereocenters. The molecule has 0 heterocycles. The predicted molar refractivity (Wildman–Crippen MR) is 58.9 cm³/mol. The first-order valence-electron chi connectivity index (χ1n) is 4.89. The molecule has 3 nitrogen and oxygen atoms in total. The molecular weight excluding hydrogens is 231 g/mol. The molecule has 0 amide bonds. The first-order valence-corrected chi connectivity index (χ1v) is 6.10. The molecule has 0 aliphatic rings. The zero-order valence-corrected chi connectivity index (χ0v) is 9.92. The fraction of sp³-hybridized carbons (Fsp3) is 0.364. The van der Waals surface area contributed by atoms with Crippen LogP contribution in [0.2, 0.25) is 0 Å². The van der Waals surface area contributed by atoms with Crippen LogP contribution in [0.3, 0.4) is 0 Å². The number of esters is 1. The third kappa shape index (κ3) is 3.13. The van der Waals surface area contributed by atoms with E-state index in [0.29, 0.717) is 4.90 Å². The molecule has 0 bridgehead atoms. The van der Waals surface area contributed by atoms with E-state index in [2.05, 4.69) is 0 Å². The summed E-state index contributed by atoms with van der Waals surface area (Å²) >= 11 is 0. The molecule has 88 valence electrons. The summed E-state index contributed by atoms with van der Waals surface area (Å²) < 4.78 is 29.3. The van der Waals surface area contributed by atoms with E-state index in [-0.39, 0.29) is 6.61 Å². The van der Waals surface area contributed by atoms with E-state index in [1.54, 1.807) is 6.92 Å². The molecule has 1 rings (SSSR count). The maximum atomic E-state index is 12.6. The SMILES string of the molecule is CCOC(=O)C(C)S(=O)c1ccc(F)cc1. The third-order valence-electron chi connectivity index (χ3n) is 1.99. The Kier molecular flexibility index (Phi) is 4.61. The fourth-order valence-electron chi connectivity index (χ4n) is 1.12. The molecule has 2 unspecified atom stereocenters. The molecule has 0 radical (unpaired) electrons. The van der Waals surface area contributed by atoms with Gasteiger partial charge in [-0.05, 0) is 38.1 Å². The molecule has 0 saturated carbocycles. The van der Waals surface area contributed by atoms with E-state index < -0.39 is 27.8 Å². The Morgan fingerprint density at radius 1 is 1.44 bits per heavy atom. The zero-order valence-electron chi connectivity index (χ0n) is 9.10. The first-order chi connectivity index (χ1) is 7.56. The molecular formula is C11H13FO3S. The Labute approximate surface area is 96.1 Å². The quantitative estimate of drug-likeness (QED) is 0.760. The van der Waals surface area contributed by atoms with Gasteiger partial charge in [-0.1, -0.05) is 0 Å². The second kappa shape index (κ2) is 5.75. The summed E-state index contributed by atoms with van der Waals surface area (Å²) in [5.41, 5.74) is 0. The standard InChI is InChI=1S/C11H13FO3S/c1-3-15-11(13)8(2)16(14)10-6-4-9(12)5-7-10/h4-8H,3H2,1-2H3. The van der Waals surface area contributed by atoms with Crippen LogP contribution in [0.25, 0.3) is 0 Å². The van der Waals surface area contributed by atoms with Gasteiger partial charge in [-0.3, -0.25) is 9.00 Å². The summed E-state index contributed by atoms with van der Waals surface area (Å²) in [4.78, 5) is 11.8. The lowest BCUT2D eigenvalue weighted by atomic mass is 10.3. The molecule has 1 aromatic rings. The van der Waals surface area contributed by atoms with E-state index in [1.807, 2.05) is 0 Å². The summed E-state index contributed by atoms with van der Waals surface area (Å²) in [6.07, 6.45) is 0. The highest BCUT2D eigenvalue weighted by Crippen LogP contribution is 2.13. The van der Waals surface area contributed by atoms with Crippen molar-refractivity contribution in [2.45, 2.75) is 24.0 Å². The molecule has 0 aliphatic carbocycles. The van der Waals surface area contributed by atoms with E-state index in [9.17, 15) is 13.4 Å². The van der Waals surface area contributed by atoms with E-state index in [0.717, 1.165) is 0 Å². The highest BCUT2D eigenvalue weighted by molar-refractivity contribution is 7.86. The number of benzene rings is 1. The topological polar surface area (TPSA) is 43.4 Å². The summed E-state index contributed by atoms with van der Waals surface area (Å²) in [7, 11) is -1.51. The van der Waals surface area contributed by atoms with Gasteiger partial charge in [0, 0.05) is 4.90 Å². The van der Waals surface area contributed by atoms with Gasteiger partial charge in [-0.25, -0.2) is 4.39 Å². The van der Waals surface area contributed by atoms with Gasteiger partial charge >= 0.3 is 5.97 Å². The molecule has 0 N–H and O–H groups in total. The summed E-state index contributed by atoms with van der Waals surface area (Å²) in [5.74, 6) is -0.908. The Bertz CT molecular complexity index is 389. The van der Waals surface area contributed by atoms with E-state index in [4.69, 9.17) is 4.74 Å². The fourth-order valence-corrected chi connectivity index (χ4v) is 2.18. The molecule has 0 aromatic heterocycles. The van der Waals surface area contributed by atoms with Crippen LogP contribution in [-0.4, -0.2) is 22.0 Å². The highest BCUT2D eigenvalue weighted by Gasteiger charge is 2.22. The Morgan fingerprint density at radius 2 is 2.00 bits per heavy atom. The monoisotopic (exact) mass is 244 g/mol. The van der Waals surface area contributed by atoms with Crippen LogP contribution in [-0.2, 0) is 20.3 Å². The number of carbonyl (C=O) groups is 1. The lowest BCUT2D eigenvalue weighted by Crippen LogP contribution is -2.25. The average molecular weight is 244 g/mol. The number of hydrogen-bond donors (Lipinski definition) is 0. The van der Waals surface area contributed by atoms with Crippen molar-refractivity contribution in [3.05, 3.63) is 30.1 Å². The van der Waals surface area contributed by atoms with Crippen LogP contribution >= 0.6 is 0 Å². The first kappa shape index (κ1) is 12.8. The summed E-state index contributed by atoms with van der Waals surface area (Å²) in [5, 5.41) is -0.745. The van der Waals surface area contributed by atoms with Crippen LogP contribution in [0.4, 0.5) is 4.39 Å². The van der Waals surface area contributed by atoms with Crippen molar-refractivity contribution in [1.29, 1.82) is 0 Å². The third-order valence-corrected chi connectivity index (χ3v) is 3.56. The molecule has 16 heavy (non-hydrogen) atoms. The molecule has 0 fully saturated rings. The van der Waals surface area contributed by atoms with E-state index in [1.165, 1.54) is 31.2 Å². The van der Waals surface area contributed by atoms with Crippen LogP contribution in [0.15, 0.2) is 29.2 Å². The van der Waals surface area contributed by atoms with Gasteiger partial charge in [-0.2, -0.15) is 0 Å². The van der Waals surface area contributed by atoms with Gasteiger partial charge in [0.1, 0.15) is 11.1 Å². The zero-order chi connectivity index (χ0) is 12.1. The van der Waals surface area contributed by atoms with Crippen LogP contribution in [0.1, 0.15) is 13.8 Å².